The standard InChI is InChI=1S/C14H11N3O6/c18-11-4-2-9(17(22)23)6-10(11)14(21)16-15-7-8-1-3-12(19)13(20)5-8/h1-7,18-20H,(H,16,21)/b15-7-. The summed E-state index contributed by atoms with van der Waals surface area (Å²) in [6.07, 6.45) is 1.19. The van der Waals surface area contributed by atoms with E-state index in [9.17, 15) is 25.1 Å². The number of carbonyl (C=O) groups is 1. The third-order valence-corrected chi connectivity index (χ3v) is 2.81. The van der Waals surface area contributed by atoms with Crippen molar-refractivity contribution in [2.24, 2.45) is 5.10 Å². The number of nitrogens with zero attached hydrogens (tertiary/aromatic N) is 2. The molecule has 0 heterocycles. The quantitative estimate of drug-likeness (QED) is 0.291. The van der Waals surface area contributed by atoms with Crippen LogP contribution in [0.3, 0.4) is 0 Å². The molecule has 2 rings (SSSR count). The SMILES string of the molecule is O=C(N/N=C\c1ccc(O)c(O)c1)c1cc([N+](=O)[O-])ccc1O. The molecule has 0 saturated heterocycles. The largest absolute Gasteiger partial charge is 0.507 e. The van der Waals surface area contributed by atoms with E-state index in [-0.39, 0.29) is 22.7 Å². The molecule has 23 heavy (non-hydrogen) atoms. The number of hydrogen-bond acceptors (Lipinski definition) is 7. The van der Waals surface area contributed by atoms with Gasteiger partial charge in [-0.25, -0.2) is 5.43 Å². The van der Waals surface area contributed by atoms with Crippen LogP contribution >= 0.6 is 0 Å². The summed E-state index contributed by atoms with van der Waals surface area (Å²) in [4.78, 5) is 21.8. The Balaban J connectivity index is 2.13. The summed E-state index contributed by atoms with van der Waals surface area (Å²) in [5.74, 6) is -1.92. The van der Waals surface area contributed by atoms with Crippen molar-refractivity contribution in [3.05, 3.63) is 57.6 Å². The molecule has 0 unspecified atom stereocenters. The van der Waals surface area contributed by atoms with Gasteiger partial charge >= 0.3 is 0 Å². The van der Waals surface area contributed by atoms with Gasteiger partial charge in [0, 0.05) is 12.1 Å². The number of rotatable bonds is 4. The fraction of sp³-hybridized carbons (Fsp3) is 0. The molecule has 118 valence electrons. The van der Waals surface area contributed by atoms with Crippen LogP contribution in [0.2, 0.25) is 0 Å². The number of hydrogen-bond donors (Lipinski definition) is 4. The topological polar surface area (TPSA) is 145 Å². The highest BCUT2D eigenvalue weighted by molar-refractivity contribution is 5.98. The summed E-state index contributed by atoms with van der Waals surface area (Å²) in [5.41, 5.74) is 1.84. The monoisotopic (exact) mass is 317 g/mol. The molecule has 2 aromatic carbocycles. The van der Waals surface area contributed by atoms with Crippen molar-refractivity contribution in [1.29, 1.82) is 0 Å². The summed E-state index contributed by atoms with van der Waals surface area (Å²) >= 11 is 0. The van der Waals surface area contributed by atoms with Crippen LogP contribution in [0.4, 0.5) is 5.69 Å². The van der Waals surface area contributed by atoms with Gasteiger partial charge in [-0.2, -0.15) is 5.10 Å². The van der Waals surface area contributed by atoms with Gasteiger partial charge in [0.05, 0.1) is 16.7 Å². The second kappa shape index (κ2) is 6.43. The minimum absolute atomic E-state index is 0.298. The molecule has 0 aromatic heterocycles. The number of amides is 1. The van der Waals surface area contributed by atoms with Crippen LogP contribution in [0.5, 0.6) is 17.2 Å². The first-order valence-corrected chi connectivity index (χ1v) is 6.21. The number of nitrogens with one attached hydrogen (secondary N) is 1. The molecule has 0 aliphatic heterocycles. The fourth-order valence-corrected chi connectivity index (χ4v) is 1.67. The van der Waals surface area contributed by atoms with Crippen molar-refractivity contribution in [3.63, 3.8) is 0 Å². The predicted octanol–water partition coefficient (Wildman–Crippen LogP) is 1.48. The highest BCUT2D eigenvalue weighted by atomic mass is 16.6. The van der Waals surface area contributed by atoms with Crippen molar-refractivity contribution in [2.45, 2.75) is 0 Å². The van der Waals surface area contributed by atoms with Gasteiger partial charge in [-0.05, 0) is 29.8 Å². The van der Waals surface area contributed by atoms with Crippen molar-refractivity contribution in [3.8, 4) is 17.2 Å². The highest BCUT2D eigenvalue weighted by Gasteiger charge is 2.15. The van der Waals surface area contributed by atoms with E-state index in [1.165, 1.54) is 24.4 Å². The fourth-order valence-electron chi connectivity index (χ4n) is 1.67. The van der Waals surface area contributed by atoms with Crippen LogP contribution in [-0.2, 0) is 0 Å². The smallest absolute Gasteiger partial charge is 0.275 e. The first-order valence-electron chi connectivity index (χ1n) is 6.21. The lowest BCUT2D eigenvalue weighted by Gasteiger charge is -2.03. The molecule has 1 amide bonds. The van der Waals surface area contributed by atoms with Crippen LogP contribution in [-0.4, -0.2) is 32.4 Å². The number of benzene rings is 2. The molecule has 9 nitrogen and oxygen atoms in total. The van der Waals surface area contributed by atoms with Crippen molar-refractivity contribution in [2.75, 3.05) is 0 Å². The summed E-state index contributed by atoms with van der Waals surface area (Å²) in [5, 5.41) is 42.3. The zero-order chi connectivity index (χ0) is 17.0. The summed E-state index contributed by atoms with van der Waals surface area (Å²) in [6.45, 7) is 0. The van der Waals surface area contributed by atoms with Crippen molar-refractivity contribution in [1.82, 2.24) is 5.43 Å². The van der Waals surface area contributed by atoms with E-state index in [2.05, 4.69) is 10.5 Å². The second-order valence-electron chi connectivity index (χ2n) is 4.41. The number of phenols is 3. The number of non-ortho nitro benzene ring substituents is 1. The molecule has 0 spiro atoms. The van der Waals surface area contributed by atoms with Crippen LogP contribution in [0.15, 0.2) is 41.5 Å². The van der Waals surface area contributed by atoms with Gasteiger partial charge in [-0.15, -0.1) is 0 Å². The average molecular weight is 317 g/mol. The minimum atomic E-state index is -0.842. The molecule has 9 heteroatoms. The molecular formula is C14H11N3O6. The Hall–Kier alpha value is -3.62. The minimum Gasteiger partial charge on any atom is -0.507 e. The van der Waals surface area contributed by atoms with Crippen molar-refractivity contribution >= 4 is 17.8 Å². The van der Waals surface area contributed by atoms with E-state index in [0.717, 1.165) is 18.2 Å². The molecule has 0 atom stereocenters. The Morgan fingerprint density at radius 3 is 2.43 bits per heavy atom. The molecule has 2 aromatic rings. The van der Waals surface area contributed by atoms with Gasteiger partial charge in [0.1, 0.15) is 5.75 Å². The molecule has 0 radical (unpaired) electrons. The molecule has 0 fully saturated rings. The van der Waals surface area contributed by atoms with E-state index in [1.807, 2.05) is 0 Å². The van der Waals surface area contributed by atoms with Gasteiger partial charge in [-0.3, -0.25) is 14.9 Å². The average Bonchev–Trinajstić information content (AvgIpc) is 2.51. The van der Waals surface area contributed by atoms with Crippen LogP contribution < -0.4 is 5.43 Å². The third kappa shape index (κ3) is 3.73. The van der Waals surface area contributed by atoms with Gasteiger partial charge in [0.25, 0.3) is 11.6 Å². The van der Waals surface area contributed by atoms with Gasteiger partial charge in [0.15, 0.2) is 11.5 Å². The first-order chi connectivity index (χ1) is 10.9. The Labute approximate surface area is 129 Å². The zero-order valence-corrected chi connectivity index (χ0v) is 11.5. The van der Waals surface area contributed by atoms with E-state index in [4.69, 9.17) is 5.11 Å². The second-order valence-corrected chi connectivity index (χ2v) is 4.41. The normalized spacial score (nSPS) is 10.6. The lowest BCUT2D eigenvalue weighted by atomic mass is 10.1. The summed E-state index contributed by atoms with van der Waals surface area (Å²) in [7, 11) is 0. The number of carbonyl (C=O) groups excluding carboxylic acids is 1. The van der Waals surface area contributed by atoms with Gasteiger partial charge < -0.3 is 15.3 Å². The number of nitro benzene ring substituents is 1. The summed E-state index contributed by atoms with van der Waals surface area (Å²) < 4.78 is 0. The Bertz CT molecular complexity index is 803. The lowest BCUT2D eigenvalue weighted by molar-refractivity contribution is -0.384. The first kappa shape index (κ1) is 15.8. The van der Waals surface area contributed by atoms with Crippen molar-refractivity contribution < 1.29 is 25.0 Å². The maximum absolute atomic E-state index is 11.9. The predicted molar refractivity (Wildman–Crippen MR) is 79.6 cm³/mol. The number of nitro groups is 1. The molecule has 4 N–H and O–H groups in total. The third-order valence-electron chi connectivity index (χ3n) is 2.81. The van der Waals surface area contributed by atoms with Gasteiger partial charge in [-0.1, -0.05) is 0 Å². The van der Waals surface area contributed by atoms with Crippen LogP contribution in [0, 0.1) is 10.1 Å². The molecule has 0 saturated carbocycles. The molecule has 0 aliphatic carbocycles. The van der Waals surface area contributed by atoms with Crippen LogP contribution in [0.25, 0.3) is 0 Å². The van der Waals surface area contributed by atoms with Gasteiger partial charge in [0.2, 0.25) is 0 Å². The Kier molecular flexibility index (Phi) is 4.41. The summed E-state index contributed by atoms with van der Waals surface area (Å²) in [6, 6.07) is 6.92. The molecule has 0 aliphatic rings. The highest BCUT2D eigenvalue weighted by Crippen LogP contribution is 2.24. The Morgan fingerprint density at radius 1 is 1.09 bits per heavy atom. The van der Waals surface area contributed by atoms with E-state index in [1.54, 1.807) is 0 Å². The van der Waals surface area contributed by atoms with E-state index >= 15 is 0 Å². The molecule has 0 bridgehead atoms. The van der Waals surface area contributed by atoms with E-state index < -0.39 is 16.6 Å². The number of aromatic hydroxyl groups is 3. The lowest BCUT2D eigenvalue weighted by Crippen LogP contribution is -2.17. The maximum atomic E-state index is 11.9. The van der Waals surface area contributed by atoms with E-state index in [0.29, 0.717) is 5.56 Å². The number of phenolic OH excluding ortho intramolecular Hbond substituents is 3. The number of hydrazone groups is 1. The van der Waals surface area contributed by atoms with Crippen LogP contribution in [0.1, 0.15) is 15.9 Å². The maximum Gasteiger partial charge on any atom is 0.275 e. The molecular weight excluding hydrogens is 306 g/mol. The zero-order valence-electron chi connectivity index (χ0n) is 11.5. The Morgan fingerprint density at radius 2 is 1.78 bits per heavy atom.